The number of hydrogen-bond donors (Lipinski definition) is 1. The third-order valence-electron chi connectivity index (χ3n) is 2.56. The number of aromatic nitrogens is 1. The van der Waals surface area contributed by atoms with Crippen LogP contribution in [0.25, 0.3) is 0 Å². The fourth-order valence-corrected chi connectivity index (χ4v) is 1.72. The topological polar surface area (TPSA) is 53.4 Å². The molecule has 80 valence electrons. The summed E-state index contributed by atoms with van der Waals surface area (Å²) < 4.78 is 13.2. The van der Waals surface area contributed by atoms with Gasteiger partial charge in [-0.2, -0.15) is 4.39 Å². The quantitative estimate of drug-likeness (QED) is 0.700. The number of hydrogen-bond acceptors (Lipinski definition) is 3. The lowest BCUT2D eigenvalue weighted by Crippen LogP contribution is -2.28. The van der Waals surface area contributed by atoms with Gasteiger partial charge in [0.15, 0.2) is 0 Å². The Labute approximate surface area is 86.4 Å². The highest BCUT2D eigenvalue weighted by molar-refractivity contribution is 5.87. The van der Waals surface area contributed by atoms with Crippen LogP contribution in [0.15, 0.2) is 6.07 Å². The maximum absolute atomic E-state index is 13.2. The summed E-state index contributed by atoms with van der Waals surface area (Å²) in [7, 11) is 1.92. The molecule has 0 spiro atoms. The Kier molecular flexibility index (Phi) is 2.40. The number of pyridine rings is 1. The van der Waals surface area contributed by atoms with Crippen LogP contribution < -0.4 is 0 Å². The van der Waals surface area contributed by atoms with Crippen molar-refractivity contribution in [3.8, 4) is 0 Å². The first-order valence-corrected chi connectivity index (χ1v) is 4.68. The van der Waals surface area contributed by atoms with Crippen LogP contribution >= 0.6 is 0 Å². The van der Waals surface area contributed by atoms with Crippen molar-refractivity contribution >= 4 is 5.97 Å². The average molecular weight is 210 g/mol. The number of fused-ring (bicyclic) bond motifs is 1. The van der Waals surface area contributed by atoms with Crippen LogP contribution in [0.1, 0.15) is 21.6 Å². The van der Waals surface area contributed by atoms with E-state index in [1.165, 1.54) is 6.07 Å². The molecule has 1 aliphatic heterocycles. The van der Waals surface area contributed by atoms with Gasteiger partial charge in [0.1, 0.15) is 5.56 Å². The Morgan fingerprint density at radius 3 is 3.07 bits per heavy atom. The fraction of sp³-hybridized carbons (Fsp3) is 0.400. The van der Waals surface area contributed by atoms with Gasteiger partial charge in [0, 0.05) is 13.1 Å². The second-order valence-electron chi connectivity index (χ2n) is 3.73. The Morgan fingerprint density at radius 2 is 2.40 bits per heavy atom. The normalized spacial score (nSPS) is 16.1. The number of aromatic carboxylic acids is 1. The van der Waals surface area contributed by atoms with Crippen molar-refractivity contribution in [1.82, 2.24) is 9.88 Å². The maximum Gasteiger partial charge on any atom is 0.340 e. The van der Waals surface area contributed by atoms with Gasteiger partial charge in [-0.1, -0.05) is 0 Å². The minimum atomic E-state index is -1.26. The zero-order valence-electron chi connectivity index (χ0n) is 8.33. The van der Waals surface area contributed by atoms with Crippen molar-refractivity contribution in [2.24, 2.45) is 0 Å². The van der Waals surface area contributed by atoms with E-state index in [0.29, 0.717) is 12.2 Å². The summed E-state index contributed by atoms with van der Waals surface area (Å²) in [4.78, 5) is 16.4. The number of nitrogens with zero attached hydrogens (tertiary/aromatic N) is 2. The van der Waals surface area contributed by atoms with Crippen LogP contribution in [0.4, 0.5) is 4.39 Å². The molecule has 1 aliphatic rings. The molecule has 0 aromatic carbocycles. The monoisotopic (exact) mass is 210 g/mol. The van der Waals surface area contributed by atoms with Crippen molar-refractivity contribution in [1.29, 1.82) is 0 Å². The molecule has 1 aromatic heterocycles. The molecule has 0 aliphatic carbocycles. The van der Waals surface area contributed by atoms with Gasteiger partial charge in [0.05, 0.1) is 5.69 Å². The maximum atomic E-state index is 13.2. The summed E-state index contributed by atoms with van der Waals surface area (Å²) in [5.74, 6) is -2.15. The predicted molar refractivity (Wildman–Crippen MR) is 51.2 cm³/mol. The van der Waals surface area contributed by atoms with Crippen molar-refractivity contribution in [3.05, 3.63) is 28.8 Å². The molecule has 0 bridgehead atoms. The summed E-state index contributed by atoms with van der Waals surface area (Å²) in [6.07, 6.45) is 0.722. The molecule has 0 fully saturated rings. The lowest BCUT2D eigenvalue weighted by Gasteiger charge is -2.24. The summed E-state index contributed by atoms with van der Waals surface area (Å²) in [6, 6.07) is 1.40. The number of carboxylic acid groups (broad SMARTS) is 1. The highest BCUT2D eigenvalue weighted by Gasteiger charge is 2.20. The SMILES string of the molecule is CN1CCc2cc(C(=O)O)c(F)nc2C1. The van der Waals surface area contributed by atoms with Crippen LogP contribution in [0, 0.1) is 5.95 Å². The van der Waals surface area contributed by atoms with Gasteiger partial charge >= 0.3 is 5.97 Å². The van der Waals surface area contributed by atoms with Gasteiger partial charge in [-0.15, -0.1) is 0 Å². The lowest BCUT2D eigenvalue weighted by molar-refractivity contribution is 0.0690. The second kappa shape index (κ2) is 3.58. The van der Waals surface area contributed by atoms with E-state index in [1.807, 2.05) is 11.9 Å². The Bertz CT molecular complexity index is 420. The van der Waals surface area contributed by atoms with Crippen LogP contribution in [0.2, 0.25) is 0 Å². The molecule has 0 saturated carbocycles. The molecular weight excluding hydrogens is 199 g/mol. The van der Waals surface area contributed by atoms with Gasteiger partial charge in [-0.05, 0) is 25.1 Å². The molecule has 1 N–H and O–H groups in total. The molecule has 0 radical (unpaired) electrons. The van der Waals surface area contributed by atoms with Gasteiger partial charge in [0.25, 0.3) is 0 Å². The molecule has 0 atom stereocenters. The van der Waals surface area contributed by atoms with Gasteiger partial charge in [-0.25, -0.2) is 9.78 Å². The first kappa shape index (κ1) is 10.0. The van der Waals surface area contributed by atoms with E-state index in [2.05, 4.69) is 4.98 Å². The summed E-state index contributed by atoms with van der Waals surface area (Å²) in [5, 5.41) is 8.73. The molecule has 5 heteroatoms. The smallest absolute Gasteiger partial charge is 0.340 e. The number of halogens is 1. The van der Waals surface area contributed by atoms with E-state index >= 15 is 0 Å². The van der Waals surface area contributed by atoms with E-state index in [1.54, 1.807) is 0 Å². The molecule has 15 heavy (non-hydrogen) atoms. The van der Waals surface area contributed by atoms with Crippen molar-refractivity contribution < 1.29 is 14.3 Å². The third kappa shape index (κ3) is 1.83. The van der Waals surface area contributed by atoms with Gasteiger partial charge in [-0.3, -0.25) is 0 Å². The minimum Gasteiger partial charge on any atom is -0.478 e. The molecule has 2 heterocycles. The van der Waals surface area contributed by atoms with Crippen LogP contribution in [-0.4, -0.2) is 34.6 Å². The molecule has 1 aromatic rings. The summed E-state index contributed by atoms with van der Waals surface area (Å²) in [5.41, 5.74) is 1.15. The molecule has 0 saturated heterocycles. The molecule has 4 nitrogen and oxygen atoms in total. The van der Waals surface area contributed by atoms with Gasteiger partial charge < -0.3 is 10.0 Å². The summed E-state index contributed by atoms with van der Waals surface area (Å²) >= 11 is 0. The van der Waals surface area contributed by atoms with E-state index in [-0.39, 0.29) is 5.56 Å². The second-order valence-corrected chi connectivity index (χ2v) is 3.73. The standard InChI is InChI=1S/C10H11FN2O2/c1-13-3-2-6-4-7(10(14)15)9(11)12-8(6)5-13/h4H,2-3,5H2,1H3,(H,14,15). The van der Waals surface area contributed by atoms with Gasteiger partial charge in [0.2, 0.25) is 5.95 Å². The number of carboxylic acids is 1. The fourth-order valence-electron chi connectivity index (χ4n) is 1.72. The molecule has 2 rings (SSSR count). The highest BCUT2D eigenvalue weighted by Crippen LogP contribution is 2.18. The molecule has 0 unspecified atom stereocenters. The average Bonchev–Trinajstić information content (AvgIpc) is 2.15. The predicted octanol–water partition coefficient (Wildman–Crippen LogP) is 0.907. The zero-order valence-corrected chi connectivity index (χ0v) is 8.33. The highest BCUT2D eigenvalue weighted by atomic mass is 19.1. The zero-order chi connectivity index (χ0) is 11.0. The number of carbonyl (C=O) groups is 1. The van der Waals surface area contributed by atoms with E-state index in [9.17, 15) is 9.18 Å². The van der Waals surface area contributed by atoms with E-state index < -0.39 is 11.9 Å². The Balaban J connectivity index is 2.46. The Hall–Kier alpha value is -1.49. The largest absolute Gasteiger partial charge is 0.478 e. The van der Waals surface area contributed by atoms with E-state index in [0.717, 1.165) is 18.5 Å². The first-order valence-electron chi connectivity index (χ1n) is 4.68. The van der Waals surface area contributed by atoms with E-state index in [4.69, 9.17) is 5.11 Å². The van der Waals surface area contributed by atoms with Crippen LogP contribution in [0.3, 0.4) is 0 Å². The molecular formula is C10H11FN2O2. The van der Waals surface area contributed by atoms with Crippen molar-refractivity contribution in [2.75, 3.05) is 13.6 Å². The Morgan fingerprint density at radius 1 is 1.67 bits per heavy atom. The number of likely N-dealkylation sites (N-methyl/N-ethyl adjacent to an activating group) is 1. The summed E-state index contributed by atoms with van der Waals surface area (Å²) in [6.45, 7) is 1.42. The lowest BCUT2D eigenvalue weighted by atomic mass is 10.0. The third-order valence-corrected chi connectivity index (χ3v) is 2.56. The van der Waals surface area contributed by atoms with Crippen LogP contribution in [0.5, 0.6) is 0 Å². The van der Waals surface area contributed by atoms with Crippen molar-refractivity contribution in [3.63, 3.8) is 0 Å². The number of rotatable bonds is 1. The van der Waals surface area contributed by atoms with Crippen LogP contribution in [-0.2, 0) is 13.0 Å². The minimum absolute atomic E-state index is 0.335. The molecule has 0 amide bonds. The van der Waals surface area contributed by atoms with Crippen molar-refractivity contribution in [2.45, 2.75) is 13.0 Å². The first-order chi connectivity index (χ1) is 7.08.